The maximum absolute atomic E-state index is 11.7. The molecule has 0 aromatic heterocycles. The number of benzene rings is 1. The maximum atomic E-state index is 11.7. The van der Waals surface area contributed by atoms with Gasteiger partial charge in [-0.05, 0) is 31.2 Å². The summed E-state index contributed by atoms with van der Waals surface area (Å²) in [6.45, 7) is 1.86. The third-order valence-electron chi connectivity index (χ3n) is 3.37. The van der Waals surface area contributed by atoms with E-state index in [1.807, 2.05) is 30.3 Å². The number of Topliss-reactive ketones (excluding diaryl/α,β-unsaturated/α-hetero) is 1. The molecule has 1 unspecified atom stereocenters. The van der Waals surface area contributed by atoms with Crippen molar-refractivity contribution in [1.29, 1.82) is 0 Å². The summed E-state index contributed by atoms with van der Waals surface area (Å²) in [6.07, 6.45) is 1.08. The van der Waals surface area contributed by atoms with Gasteiger partial charge in [0.1, 0.15) is 11.2 Å². The Labute approximate surface area is 111 Å². The lowest BCUT2D eigenvalue weighted by atomic mass is 9.80. The third-order valence-corrected chi connectivity index (χ3v) is 4.38. The minimum absolute atomic E-state index is 0.0707. The second-order valence-corrected chi connectivity index (χ2v) is 5.60. The number of carbonyl (C=O) groups is 2. The van der Waals surface area contributed by atoms with Gasteiger partial charge in [-0.25, -0.2) is 0 Å². The molecular formula is C14H16O3S. The predicted molar refractivity (Wildman–Crippen MR) is 70.5 cm³/mol. The number of carbonyl (C=O) groups excluding carboxylic acids is 2. The Bertz CT molecular complexity index is 444. The third kappa shape index (κ3) is 2.58. The van der Waals surface area contributed by atoms with Crippen molar-refractivity contribution in [2.75, 3.05) is 12.4 Å². The van der Waals surface area contributed by atoms with Gasteiger partial charge in [0.15, 0.2) is 0 Å². The summed E-state index contributed by atoms with van der Waals surface area (Å²) in [7, 11) is 0. The zero-order chi connectivity index (χ0) is 13.0. The number of rotatable bonds is 5. The van der Waals surface area contributed by atoms with E-state index in [4.69, 9.17) is 4.74 Å². The molecule has 0 saturated carbocycles. The summed E-state index contributed by atoms with van der Waals surface area (Å²) >= 11 is 1.67. The van der Waals surface area contributed by atoms with Gasteiger partial charge in [0.05, 0.1) is 6.61 Å². The Morgan fingerprint density at radius 3 is 2.67 bits per heavy atom. The van der Waals surface area contributed by atoms with Gasteiger partial charge in [0.2, 0.25) is 0 Å². The predicted octanol–water partition coefficient (Wildman–Crippen LogP) is 2.69. The van der Waals surface area contributed by atoms with E-state index in [1.165, 1.54) is 6.92 Å². The van der Waals surface area contributed by atoms with Crippen LogP contribution in [0.3, 0.4) is 0 Å². The summed E-state index contributed by atoms with van der Waals surface area (Å²) < 4.78 is 4.96. The molecule has 2 rings (SSSR count). The molecular weight excluding hydrogens is 248 g/mol. The van der Waals surface area contributed by atoms with Gasteiger partial charge < -0.3 is 4.74 Å². The smallest absolute Gasteiger partial charge is 0.319 e. The monoisotopic (exact) mass is 264 g/mol. The van der Waals surface area contributed by atoms with E-state index in [0.29, 0.717) is 19.4 Å². The van der Waals surface area contributed by atoms with Gasteiger partial charge in [-0.3, -0.25) is 9.59 Å². The average molecular weight is 264 g/mol. The molecule has 1 atom stereocenters. The minimum Gasteiger partial charge on any atom is -0.465 e. The lowest BCUT2D eigenvalue weighted by molar-refractivity contribution is -0.150. The Hall–Kier alpha value is -1.29. The first-order chi connectivity index (χ1) is 8.65. The van der Waals surface area contributed by atoms with E-state index in [2.05, 4.69) is 0 Å². The summed E-state index contributed by atoms with van der Waals surface area (Å²) in [5.74, 6) is 0.334. The van der Waals surface area contributed by atoms with Crippen LogP contribution < -0.4 is 0 Å². The van der Waals surface area contributed by atoms with Gasteiger partial charge in [-0.1, -0.05) is 18.2 Å². The second-order valence-electron chi connectivity index (χ2n) is 4.44. The van der Waals surface area contributed by atoms with Crippen LogP contribution in [0.15, 0.2) is 35.2 Å². The van der Waals surface area contributed by atoms with Crippen LogP contribution in [0.4, 0.5) is 0 Å². The van der Waals surface area contributed by atoms with Crippen LogP contribution in [0.25, 0.3) is 0 Å². The molecule has 0 N–H and O–H groups in total. The molecule has 3 nitrogen and oxygen atoms in total. The molecule has 1 aliphatic rings. The fourth-order valence-electron chi connectivity index (χ4n) is 2.14. The molecule has 0 aliphatic carbocycles. The number of ether oxygens (including phenoxy) is 1. The Kier molecular flexibility index (Phi) is 4.07. The van der Waals surface area contributed by atoms with Crippen LogP contribution in [0.1, 0.15) is 19.8 Å². The van der Waals surface area contributed by atoms with E-state index in [0.717, 1.165) is 10.6 Å². The summed E-state index contributed by atoms with van der Waals surface area (Å²) in [4.78, 5) is 24.6. The molecule has 1 aromatic carbocycles. The maximum Gasteiger partial charge on any atom is 0.319 e. The van der Waals surface area contributed by atoms with Crippen molar-refractivity contribution in [2.45, 2.75) is 24.7 Å². The number of hydrogen-bond acceptors (Lipinski definition) is 4. The molecule has 0 amide bonds. The first kappa shape index (κ1) is 13.1. The molecule has 1 saturated heterocycles. The van der Waals surface area contributed by atoms with E-state index >= 15 is 0 Å². The standard InChI is InChI=1S/C14H16O3S/c1-11(15)14(7-9-17-13(14)16)8-10-18-12-5-3-2-4-6-12/h2-6H,7-10H2,1H3. The van der Waals surface area contributed by atoms with Crippen LogP contribution in [0, 0.1) is 5.41 Å². The molecule has 1 fully saturated rings. The van der Waals surface area contributed by atoms with Crippen LogP contribution in [-0.2, 0) is 14.3 Å². The molecule has 1 aliphatic heterocycles. The second kappa shape index (κ2) is 5.57. The summed E-state index contributed by atoms with van der Waals surface area (Å²) in [5, 5.41) is 0. The first-order valence-electron chi connectivity index (χ1n) is 6.01. The van der Waals surface area contributed by atoms with Crippen molar-refractivity contribution in [3.8, 4) is 0 Å². The van der Waals surface area contributed by atoms with E-state index < -0.39 is 5.41 Å². The first-order valence-corrected chi connectivity index (χ1v) is 7.00. The van der Waals surface area contributed by atoms with Crippen molar-refractivity contribution >= 4 is 23.5 Å². The number of cyclic esters (lactones) is 1. The SMILES string of the molecule is CC(=O)C1(CCSc2ccccc2)CCOC1=O. The number of thioether (sulfide) groups is 1. The molecule has 0 spiro atoms. The lowest BCUT2D eigenvalue weighted by Crippen LogP contribution is -2.34. The Morgan fingerprint density at radius 2 is 2.11 bits per heavy atom. The van der Waals surface area contributed by atoms with E-state index in [-0.39, 0.29) is 11.8 Å². The highest BCUT2D eigenvalue weighted by atomic mass is 32.2. The zero-order valence-corrected chi connectivity index (χ0v) is 11.2. The number of hydrogen-bond donors (Lipinski definition) is 0. The van der Waals surface area contributed by atoms with E-state index in [9.17, 15) is 9.59 Å². The fourth-order valence-corrected chi connectivity index (χ4v) is 3.18. The Balaban J connectivity index is 1.95. The quantitative estimate of drug-likeness (QED) is 0.466. The van der Waals surface area contributed by atoms with Crippen LogP contribution >= 0.6 is 11.8 Å². The highest BCUT2D eigenvalue weighted by molar-refractivity contribution is 7.99. The van der Waals surface area contributed by atoms with Gasteiger partial charge in [-0.2, -0.15) is 0 Å². The van der Waals surface area contributed by atoms with Crippen LogP contribution in [0.5, 0.6) is 0 Å². The number of ketones is 1. The average Bonchev–Trinajstić information content (AvgIpc) is 2.73. The molecule has 18 heavy (non-hydrogen) atoms. The lowest BCUT2D eigenvalue weighted by Gasteiger charge is -2.20. The highest BCUT2D eigenvalue weighted by Crippen LogP contribution is 2.36. The minimum atomic E-state index is -0.887. The Morgan fingerprint density at radius 1 is 1.39 bits per heavy atom. The summed E-state index contributed by atoms with van der Waals surface area (Å²) in [6, 6.07) is 9.98. The van der Waals surface area contributed by atoms with Crippen molar-refractivity contribution < 1.29 is 14.3 Å². The molecule has 1 aromatic rings. The van der Waals surface area contributed by atoms with Crippen LogP contribution in [-0.4, -0.2) is 24.1 Å². The highest BCUT2D eigenvalue weighted by Gasteiger charge is 2.48. The molecule has 0 bridgehead atoms. The molecule has 1 heterocycles. The number of esters is 1. The molecule has 96 valence electrons. The zero-order valence-electron chi connectivity index (χ0n) is 10.3. The van der Waals surface area contributed by atoms with Crippen molar-refractivity contribution in [1.82, 2.24) is 0 Å². The van der Waals surface area contributed by atoms with Gasteiger partial charge >= 0.3 is 5.97 Å². The summed E-state index contributed by atoms with van der Waals surface area (Å²) in [5.41, 5.74) is -0.887. The van der Waals surface area contributed by atoms with Gasteiger partial charge in [-0.15, -0.1) is 11.8 Å². The molecule has 4 heteroatoms. The van der Waals surface area contributed by atoms with Gasteiger partial charge in [0.25, 0.3) is 0 Å². The van der Waals surface area contributed by atoms with Crippen molar-refractivity contribution in [3.05, 3.63) is 30.3 Å². The van der Waals surface area contributed by atoms with Crippen molar-refractivity contribution in [2.24, 2.45) is 5.41 Å². The topological polar surface area (TPSA) is 43.4 Å². The largest absolute Gasteiger partial charge is 0.465 e. The van der Waals surface area contributed by atoms with Gasteiger partial charge in [0, 0.05) is 11.3 Å². The molecule has 0 radical (unpaired) electrons. The normalized spacial score (nSPS) is 22.8. The fraction of sp³-hybridized carbons (Fsp3) is 0.429. The van der Waals surface area contributed by atoms with Crippen LogP contribution in [0.2, 0.25) is 0 Å². The van der Waals surface area contributed by atoms with E-state index in [1.54, 1.807) is 11.8 Å². The van der Waals surface area contributed by atoms with Crippen molar-refractivity contribution in [3.63, 3.8) is 0 Å².